The molecule has 3 N–H and O–H groups in total. The monoisotopic (exact) mass is 423 g/mol. The van der Waals surface area contributed by atoms with Gasteiger partial charge in [0, 0.05) is 45.0 Å². The maximum atomic E-state index is 13.0. The summed E-state index contributed by atoms with van der Waals surface area (Å²) in [4.78, 5) is 14.5. The van der Waals surface area contributed by atoms with Gasteiger partial charge in [-0.2, -0.15) is 0 Å². The first-order valence-electron chi connectivity index (χ1n) is 9.02. The van der Waals surface area contributed by atoms with Crippen LogP contribution in [-0.2, 0) is 10.0 Å². The molecule has 2 aromatic rings. The Kier molecular flexibility index (Phi) is 6.30. The number of hydrogen-bond acceptors (Lipinski definition) is 7. The molecule has 1 fully saturated rings. The fraction of sp³-hybridized carbons (Fsp3) is 0.333. The molecule has 1 aliphatic heterocycles. The van der Waals surface area contributed by atoms with Gasteiger partial charge in [0.05, 0.1) is 4.92 Å². The van der Waals surface area contributed by atoms with Crippen molar-refractivity contribution in [3.05, 3.63) is 58.4 Å². The Bertz CT molecular complexity index is 976. The van der Waals surface area contributed by atoms with E-state index in [2.05, 4.69) is 15.1 Å². The maximum Gasteiger partial charge on any atom is 0.312 e. The fourth-order valence-electron chi connectivity index (χ4n) is 3.31. The minimum atomic E-state index is -4.20. The third-order valence-corrected chi connectivity index (χ3v) is 5.74. The number of piperazine rings is 1. The van der Waals surface area contributed by atoms with Crippen molar-refractivity contribution in [3.63, 3.8) is 0 Å². The number of nitrogens with zero attached hydrogens (tertiary/aromatic N) is 3. The highest BCUT2D eigenvalue weighted by Gasteiger charge is 2.26. The van der Waals surface area contributed by atoms with Crippen molar-refractivity contribution in [2.75, 3.05) is 49.5 Å². The van der Waals surface area contributed by atoms with Crippen molar-refractivity contribution in [1.82, 2.24) is 4.90 Å². The second-order valence-electron chi connectivity index (χ2n) is 6.69. The number of para-hydroxylation sites is 1. The number of nitrogens with one attached hydrogen (secondary N) is 1. The Balaban J connectivity index is 1.56. The molecule has 1 heterocycles. The summed E-state index contributed by atoms with van der Waals surface area (Å²) in [7, 11) is -4.20. The van der Waals surface area contributed by atoms with Crippen molar-refractivity contribution < 1.29 is 17.7 Å². The van der Waals surface area contributed by atoms with Crippen LogP contribution >= 0.6 is 0 Å². The quantitative estimate of drug-likeness (QED) is 0.512. The predicted octanol–water partition coefficient (Wildman–Crippen LogP) is 1.62. The number of nitro groups is 1. The van der Waals surface area contributed by atoms with Crippen molar-refractivity contribution >= 4 is 27.1 Å². The molecule has 0 saturated carbocycles. The Labute approximate surface area is 168 Å². The average Bonchev–Trinajstić information content (AvgIpc) is 2.68. The third kappa shape index (κ3) is 5.19. The Hall–Kier alpha value is -2.76. The van der Waals surface area contributed by atoms with E-state index in [1.807, 2.05) is 0 Å². The molecule has 0 bridgehead atoms. The van der Waals surface area contributed by atoms with Gasteiger partial charge in [-0.3, -0.25) is 15.0 Å². The van der Waals surface area contributed by atoms with Gasteiger partial charge in [-0.05, 0) is 36.4 Å². The summed E-state index contributed by atoms with van der Waals surface area (Å²) in [5.41, 5.74) is 0.544. The molecule has 0 radical (unpaired) electrons. The SMILES string of the molecule is NS(=O)(=O)c1cccc(NCCN2CCN(c3ccc(F)cc3)CC2)c1[N+](=O)[O-]. The maximum absolute atomic E-state index is 13.0. The van der Waals surface area contributed by atoms with Crippen LogP contribution in [-0.4, -0.2) is 57.5 Å². The van der Waals surface area contributed by atoms with Crippen LogP contribution in [0.5, 0.6) is 0 Å². The first kappa shape index (κ1) is 21.0. The summed E-state index contributed by atoms with van der Waals surface area (Å²) >= 11 is 0. The largest absolute Gasteiger partial charge is 0.378 e. The van der Waals surface area contributed by atoms with Crippen LogP contribution in [0.3, 0.4) is 0 Å². The van der Waals surface area contributed by atoms with Crippen molar-refractivity contribution in [2.45, 2.75) is 4.90 Å². The fourth-order valence-corrected chi connectivity index (χ4v) is 4.04. The molecule has 1 saturated heterocycles. The summed E-state index contributed by atoms with van der Waals surface area (Å²) in [6, 6.07) is 10.4. The van der Waals surface area contributed by atoms with Crippen LogP contribution in [0, 0.1) is 15.9 Å². The van der Waals surface area contributed by atoms with Crippen molar-refractivity contribution in [1.29, 1.82) is 0 Å². The molecule has 9 nitrogen and oxygen atoms in total. The van der Waals surface area contributed by atoms with Gasteiger partial charge in [-0.15, -0.1) is 0 Å². The van der Waals surface area contributed by atoms with Crippen molar-refractivity contribution in [3.8, 4) is 0 Å². The number of nitrogens with two attached hydrogens (primary N) is 1. The number of benzene rings is 2. The van der Waals surface area contributed by atoms with E-state index in [-0.39, 0.29) is 11.5 Å². The highest BCUT2D eigenvalue weighted by molar-refractivity contribution is 7.89. The zero-order chi connectivity index (χ0) is 21.0. The van der Waals surface area contributed by atoms with Crippen LogP contribution in [0.25, 0.3) is 0 Å². The van der Waals surface area contributed by atoms with Gasteiger partial charge < -0.3 is 10.2 Å². The van der Waals surface area contributed by atoms with Gasteiger partial charge >= 0.3 is 5.69 Å². The summed E-state index contributed by atoms with van der Waals surface area (Å²) in [5, 5.41) is 19.4. The van der Waals surface area contributed by atoms with Gasteiger partial charge in [-0.1, -0.05) is 6.07 Å². The summed E-state index contributed by atoms with van der Waals surface area (Å²) in [5.74, 6) is -0.265. The van der Waals surface area contributed by atoms with Gasteiger partial charge in [0.2, 0.25) is 10.0 Å². The summed E-state index contributed by atoms with van der Waals surface area (Å²) in [6.07, 6.45) is 0. The highest BCUT2D eigenvalue weighted by Crippen LogP contribution is 2.31. The number of primary sulfonamides is 1. The zero-order valence-corrected chi connectivity index (χ0v) is 16.4. The van der Waals surface area contributed by atoms with Crippen LogP contribution < -0.4 is 15.4 Å². The molecule has 1 aliphatic rings. The summed E-state index contributed by atoms with van der Waals surface area (Å²) in [6.45, 7) is 4.19. The minimum absolute atomic E-state index is 0.117. The lowest BCUT2D eigenvalue weighted by atomic mass is 10.2. The molecule has 0 atom stereocenters. The number of anilines is 2. The average molecular weight is 423 g/mol. The van der Waals surface area contributed by atoms with E-state index in [1.165, 1.54) is 24.3 Å². The van der Waals surface area contributed by atoms with Crippen molar-refractivity contribution in [2.24, 2.45) is 5.14 Å². The van der Waals surface area contributed by atoms with E-state index in [1.54, 1.807) is 12.1 Å². The molecule has 156 valence electrons. The molecular formula is C18H22FN5O4S. The molecule has 11 heteroatoms. The molecule has 0 aliphatic carbocycles. The van der Waals surface area contributed by atoms with E-state index in [9.17, 15) is 22.9 Å². The molecule has 0 amide bonds. The molecule has 0 spiro atoms. The number of hydrogen-bond donors (Lipinski definition) is 2. The smallest absolute Gasteiger partial charge is 0.312 e. The topological polar surface area (TPSA) is 122 Å². The predicted molar refractivity (Wildman–Crippen MR) is 108 cm³/mol. The highest BCUT2D eigenvalue weighted by atomic mass is 32.2. The summed E-state index contributed by atoms with van der Waals surface area (Å²) < 4.78 is 36.3. The van der Waals surface area contributed by atoms with E-state index in [0.29, 0.717) is 13.1 Å². The number of rotatable bonds is 7. The normalized spacial score (nSPS) is 15.3. The Morgan fingerprint density at radius 1 is 1.10 bits per heavy atom. The number of halogens is 1. The minimum Gasteiger partial charge on any atom is -0.378 e. The van der Waals surface area contributed by atoms with Crippen LogP contribution in [0.1, 0.15) is 0 Å². The van der Waals surface area contributed by atoms with Crippen LogP contribution in [0.4, 0.5) is 21.5 Å². The van der Waals surface area contributed by atoms with Crippen LogP contribution in [0.15, 0.2) is 47.4 Å². The van der Waals surface area contributed by atoms with Gasteiger partial charge in [0.15, 0.2) is 4.90 Å². The molecule has 0 aromatic heterocycles. The molecule has 0 unspecified atom stereocenters. The molecular weight excluding hydrogens is 401 g/mol. The van der Waals surface area contributed by atoms with Gasteiger partial charge in [0.25, 0.3) is 0 Å². The molecule has 29 heavy (non-hydrogen) atoms. The lowest BCUT2D eigenvalue weighted by molar-refractivity contribution is -0.386. The zero-order valence-electron chi connectivity index (χ0n) is 15.6. The number of sulfonamides is 1. The van der Waals surface area contributed by atoms with E-state index >= 15 is 0 Å². The third-order valence-electron chi connectivity index (χ3n) is 4.80. The Morgan fingerprint density at radius 3 is 2.34 bits per heavy atom. The number of nitro benzene ring substituents is 1. The van der Waals surface area contributed by atoms with E-state index in [4.69, 9.17) is 5.14 Å². The first-order valence-corrected chi connectivity index (χ1v) is 10.6. The lowest BCUT2D eigenvalue weighted by Crippen LogP contribution is -2.47. The molecule has 2 aromatic carbocycles. The first-order chi connectivity index (χ1) is 13.8. The Morgan fingerprint density at radius 2 is 1.76 bits per heavy atom. The second kappa shape index (κ2) is 8.72. The lowest BCUT2D eigenvalue weighted by Gasteiger charge is -2.36. The van der Waals surface area contributed by atoms with Crippen LogP contribution in [0.2, 0.25) is 0 Å². The molecule has 3 rings (SSSR count). The van der Waals surface area contributed by atoms with Gasteiger partial charge in [-0.25, -0.2) is 17.9 Å². The van der Waals surface area contributed by atoms with E-state index < -0.39 is 25.5 Å². The second-order valence-corrected chi connectivity index (χ2v) is 8.22. The standard InChI is InChI=1S/C18H22FN5O4S/c19-14-4-6-15(7-5-14)23-12-10-22(11-13-23)9-8-21-16-2-1-3-17(29(20,27)28)18(16)24(25)26/h1-7,21H,8-13H2,(H2,20,27,28). The van der Waals surface area contributed by atoms with Gasteiger partial charge in [0.1, 0.15) is 11.5 Å². The van der Waals surface area contributed by atoms with E-state index in [0.717, 1.165) is 37.9 Å².